The van der Waals surface area contributed by atoms with E-state index in [9.17, 15) is 4.79 Å². The van der Waals surface area contributed by atoms with Crippen LogP contribution in [0.3, 0.4) is 0 Å². The van der Waals surface area contributed by atoms with Crippen LogP contribution in [-0.4, -0.2) is 34.7 Å². The number of benzene rings is 1. The summed E-state index contributed by atoms with van der Waals surface area (Å²) in [6, 6.07) is 4.34. The Morgan fingerprint density at radius 2 is 1.84 bits per heavy atom. The van der Waals surface area contributed by atoms with Gasteiger partial charge in [0, 0.05) is 25.6 Å². The molecule has 0 atom stereocenters. The van der Waals surface area contributed by atoms with Crippen LogP contribution in [0.2, 0.25) is 0 Å². The first-order chi connectivity index (χ1) is 14.9. The second-order valence-electron chi connectivity index (χ2n) is 9.62. The van der Waals surface area contributed by atoms with E-state index in [2.05, 4.69) is 54.0 Å². The third-order valence-corrected chi connectivity index (χ3v) is 8.21. The van der Waals surface area contributed by atoms with Crippen molar-refractivity contribution in [2.45, 2.75) is 71.4 Å². The molecule has 4 rings (SSSR count). The average Bonchev–Trinajstić information content (AvgIpc) is 3.07. The zero-order chi connectivity index (χ0) is 22.0. The minimum absolute atomic E-state index is 0.132. The largest absolute Gasteiger partial charge is 0.326 e. The van der Waals surface area contributed by atoms with Crippen molar-refractivity contribution in [2.24, 2.45) is 22.6 Å². The maximum absolute atomic E-state index is 12.8. The summed E-state index contributed by atoms with van der Waals surface area (Å²) in [5.41, 5.74) is 10.2. The SMILES string of the molecule is Cc1cc(CN)cc(C)c1/C=C/SN1CCC2(CC1)N=C(C1CCC(C)CC1)NC2=O. The van der Waals surface area contributed by atoms with E-state index >= 15 is 0 Å². The van der Waals surface area contributed by atoms with Crippen molar-refractivity contribution in [3.8, 4) is 0 Å². The maximum atomic E-state index is 12.8. The van der Waals surface area contributed by atoms with Crippen LogP contribution in [0, 0.1) is 25.7 Å². The molecule has 1 aliphatic carbocycles. The quantitative estimate of drug-likeness (QED) is 0.658. The van der Waals surface area contributed by atoms with Crippen molar-refractivity contribution < 1.29 is 4.79 Å². The van der Waals surface area contributed by atoms with Crippen molar-refractivity contribution in [3.05, 3.63) is 39.8 Å². The molecule has 1 spiro atoms. The number of rotatable bonds is 5. The van der Waals surface area contributed by atoms with E-state index in [0.29, 0.717) is 12.5 Å². The molecule has 5 nitrogen and oxygen atoms in total. The second-order valence-corrected chi connectivity index (χ2v) is 10.6. The first-order valence-electron chi connectivity index (χ1n) is 11.7. The minimum atomic E-state index is -0.523. The number of nitrogens with two attached hydrogens (primary N) is 1. The van der Waals surface area contributed by atoms with E-state index in [1.807, 2.05) is 0 Å². The summed E-state index contributed by atoms with van der Waals surface area (Å²) in [6.45, 7) is 8.95. The number of piperidine rings is 1. The highest BCUT2D eigenvalue weighted by atomic mass is 32.2. The summed E-state index contributed by atoms with van der Waals surface area (Å²) >= 11 is 1.74. The van der Waals surface area contributed by atoms with Crippen LogP contribution < -0.4 is 11.1 Å². The van der Waals surface area contributed by atoms with Crippen molar-refractivity contribution in [1.82, 2.24) is 9.62 Å². The van der Waals surface area contributed by atoms with Gasteiger partial charge in [0.1, 0.15) is 11.4 Å². The molecule has 1 saturated carbocycles. The summed E-state index contributed by atoms with van der Waals surface area (Å²) in [4.78, 5) is 17.8. The second kappa shape index (κ2) is 9.47. The van der Waals surface area contributed by atoms with Gasteiger partial charge in [-0.2, -0.15) is 0 Å². The van der Waals surface area contributed by atoms with Gasteiger partial charge in [0.25, 0.3) is 5.91 Å². The van der Waals surface area contributed by atoms with Gasteiger partial charge in [-0.1, -0.05) is 43.8 Å². The molecular formula is C25H36N4OS. The van der Waals surface area contributed by atoms with Crippen LogP contribution in [0.4, 0.5) is 0 Å². The molecule has 1 aromatic rings. The van der Waals surface area contributed by atoms with Crippen molar-refractivity contribution >= 4 is 29.8 Å². The zero-order valence-corrected chi connectivity index (χ0v) is 19.9. The van der Waals surface area contributed by atoms with Gasteiger partial charge in [0.05, 0.1) is 0 Å². The summed E-state index contributed by atoms with van der Waals surface area (Å²) in [7, 11) is 0. The fourth-order valence-corrected chi connectivity index (χ4v) is 5.96. The monoisotopic (exact) mass is 440 g/mol. The van der Waals surface area contributed by atoms with Crippen molar-refractivity contribution in [2.75, 3.05) is 13.1 Å². The molecule has 0 bridgehead atoms. The van der Waals surface area contributed by atoms with Gasteiger partial charge < -0.3 is 11.1 Å². The predicted molar refractivity (Wildman–Crippen MR) is 131 cm³/mol. The molecule has 1 amide bonds. The lowest BCUT2D eigenvalue weighted by atomic mass is 9.82. The van der Waals surface area contributed by atoms with E-state index in [1.54, 1.807) is 11.9 Å². The smallest absolute Gasteiger partial charge is 0.253 e. The van der Waals surface area contributed by atoms with Gasteiger partial charge in [0.2, 0.25) is 0 Å². The first-order valence-corrected chi connectivity index (χ1v) is 12.5. The number of carbonyl (C=O) groups excluding carboxylic acids is 1. The van der Waals surface area contributed by atoms with Gasteiger partial charge in [-0.05, 0) is 79.2 Å². The van der Waals surface area contributed by atoms with Gasteiger partial charge in [0.15, 0.2) is 0 Å². The Kier molecular flexibility index (Phi) is 6.89. The summed E-state index contributed by atoms with van der Waals surface area (Å²) in [6.07, 6.45) is 8.62. The van der Waals surface area contributed by atoms with E-state index in [1.165, 1.54) is 35.1 Å². The molecule has 168 valence electrons. The Bertz CT molecular complexity index is 855. The van der Waals surface area contributed by atoms with Crippen molar-refractivity contribution in [3.63, 3.8) is 0 Å². The molecule has 1 saturated heterocycles. The first kappa shape index (κ1) is 22.6. The Morgan fingerprint density at radius 3 is 2.45 bits per heavy atom. The number of amides is 1. The molecule has 1 aromatic carbocycles. The van der Waals surface area contributed by atoms with Crippen LogP contribution >= 0.6 is 11.9 Å². The Labute approximate surface area is 191 Å². The molecule has 2 heterocycles. The summed E-state index contributed by atoms with van der Waals surface area (Å²) < 4.78 is 2.35. The molecule has 6 heteroatoms. The van der Waals surface area contributed by atoms with Crippen LogP contribution in [0.25, 0.3) is 6.08 Å². The number of nitrogens with zero attached hydrogens (tertiary/aromatic N) is 2. The summed E-state index contributed by atoms with van der Waals surface area (Å²) in [5, 5.41) is 5.33. The Balaban J connectivity index is 1.34. The molecular weight excluding hydrogens is 404 g/mol. The van der Waals surface area contributed by atoms with Crippen LogP contribution in [0.15, 0.2) is 22.5 Å². The highest BCUT2D eigenvalue weighted by molar-refractivity contribution is 8.00. The fraction of sp³-hybridized carbons (Fsp3) is 0.600. The van der Waals surface area contributed by atoms with Gasteiger partial charge in [-0.25, -0.2) is 4.31 Å². The predicted octanol–water partition coefficient (Wildman–Crippen LogP) is 4.57. The number of amidine groups is 1. The minimum Gasteiger partial charge on any atom is -0.326 e. The van der Waals surface area contributed by atoms with E-state index in [4.69, 9.17) is 10.7 Å². The number of aliphatic imine (C=N–C) groups is 1. The topological polar surface area (TPSA) is 70.7 Å². The van der Waals surface area contributed by atoms with Gasteiger partial charge in [-0.3, -0.25) is 9.79 Å². The van der Waals surface area contributed by atoms with Crippen molar-refractivity contribution in [1.29, 1.82) is 0 Å². The standard InChI is InChI=1S/C25H36N4OS/c1-17-4-6-21(7-5-17)23-27-24(30)25(28-23)9-11-29(12-10-25)31-13-8-22-18(2)14-20(16-26)15-19(22)3/h8,13-15,17,21H,4-7,9-12,16,26H2,1-3H3,(H,27,28,30)/b13-8+. The molecule has 3 N–H and O–H groups in total. The summed E-state index contributed by atoms with van der Waals surface area (Å²) in [5.74, 6) is 2.37. The average molecular weight is 441 g/mol. The Morgan fingerprint density at radius 1 is 1.19 bits per heavy atom. The van der Waals surface area contributed by atoms with Gasteiger partial charge in [-0.15, -0.1) is 0 Å². The zero-order valence-electron chi connectivity index (χ0n) is 19.1. The van der Waals surface area contributed by atoms with Gasteiger partial charge >= 0.3 is 0 Å². The highest BCUT2D eigenvalue weighted by Gasteiger charge is 2.47. The lowest BCUT2D eigenvalue weighted by Crippen LogP contribution is -2.47. The number of hydrogen-bond acceptors (Lipinski definition) is 5. The normalized spacial score (nSPS) is 26.5. The lowest BCUT2D eigenvalue weighted by Gasteiger charge is -2.34. The molecule has 3 aliphatic rings. The fourth-order valence-electron chi connectivity index (χ4n) is 5.20. The number of nitrogens with one attached hydrogen (secondary N) is 1. The number of carbonyl (C=O) groups is 1. The van der Waals surface area contributed by atoms with E-state index in [0.717, 1.165) is 50.5 Å². The molecule has 0 aromatic heterocycles. The third kappa shape index (κ3) is 4.91. The molecule has 0 unspecified atom stereocenters. The van der Waals surface area contributed by atoms with E-state index in [-0.39, 0.29) is 5.91 Å². The highest BCUT2D eigenvalue weighted by Crippen LogP contribution is 2.36. The lowest BCUT2D eigenvalue weighted by molar-refractivity contribution is -0.124. The number of hydrogen-bond donors (Lipinski definition) is 2. The molecule has 31 heavy (non-hydrogen) atoms. The Hall–Kier alpha value is -1.63. The van der Waals surface area contributed by atoms with Crippen LogP contribution in [0.5, 0.6) is 0 Å². The van der Waals surface area contributed by atoms with Crippen LogP contribution in [-0.2, 0) is 11.3 Å². The molecule has 2 aliphatic heterocycles. The maximum Gasteiger partial charge on any atom is 0.253 e. The number of aryl methyl sites for hydroxylation is 2. The third-order valence-electron chi connectivity index (χ3n) is 7.28. The van der Waals surface area contributed by atoms with Crippen LogP contribution in [0.1, 0.15) is 67.7 Å². The van der Waals surface area contributed by atoms with E-state index < -0.39 is 5.54 Å². The molecule has 0 radical (unpaired) electrons. The molecule has 2 fully saturated rings.